The molecule has 1 aromatic rings. The number of hydrogen-bond acceptors (Lipinski definition) is 4. The fourth-order valence-electron chi connectivity index (χ4n) is 2.32. The molecule has 5 nitrogen and oxygen atoms in total. The van der Waals surface area contributed by atoms with E-state index in [0.717, 1.165) is 26.1 Å². The molecule has 1 heterocycles. The lowest BCUT2D eigenvalue weighted by molar-refractivity contribution is 0.334. The SMILES string of the molecule is Nc1ccc(Br)c(S(=O)(=O)NCCCN2CCCC2)c1. The Morgan fingerprint density at radius 3 is 2.70 bits per heavy atom. The number of nitrogens with one attached hydrogen (secondary N) is 1. The molecule has 20 heavy (non-hydrogen) atoms. The number of nitrogen functional groups attached to an aromatic ring is 1. The molecule has 2 rings (SSSR count). The van der Waals surface area contributed by atoms with Crippen LogP contribution in [-0.4, -0.2) is 39.5 Å². The number of nitrogens with zero attached hydrogens (tertiary/aromatic N) is 1. The summed E-state index contributed by atoms with van der Waals surface area (Å²) < 4.78 is 27.5. The Balaban J connectivity index is 1.88. The van der Waals surface area contributed by atoms with E-state index in [2.05, 4.69) is 25.6 Å². The molecule has 3 N–H and O–H groups in total. The average Bonchev–Trinajstić information content (AvgIpc) is 2.90. The van der Waals surface area contributed by atoms with Crippen LogP contribution < -0.4 is 10.5 Å². The van der Waals surface area contributed by atoms with E-state index in [-0.39, 0.29) is 4.90 Å². The normalized spacial score (nSPS) is 16.6. The number of benzene rings is 1. The highest BCUT2D eigenvalue weighted by Crippen LogP contribution is 2.23. The Morgan fingerprint density at radius 2 is 2.00 bits per heavy atom. The molecule has 0 aliphatic carbocycles. The van der Waals surface area contributed by atoms with Crippen molar-refractivity contribution in [1.82, 2.24) is 9.62 Å². The maximum Gasteiger partial charge on any atom is 0.241 e. The molecule has 1 fully saturated rings. The van der Waals surface area contributed by atoms with Gasteiger partial charge in [-0.05, 0) is 73.0 Å². The van der Waals surface area contributed by atoms with E-state index in [9.17, 15) is 8.42 Å². The van der Waals surface area contributed by atoms with Gasteiger partial charge in [0.05, 0.1) is 4.90 Å². The molecule has 0 aromatic heterocycles. The van der Waals surface area contributed by atoms with Gasteiger partial charge < -0.3 is 10.6 Å². The standard InChI is InChI=1S/C13H20BrN3O2S/c14-12-5-4-11(15)10-13(12)20(18,19)16-6-3-9-17-7-1-2-8-17/h4-5,10,16H,1-3,6-9,15H2. The molecular formula is C13H20BrN3O2S. The molecule has 7 heteroatoms. The molecule has 1 aliphatic rings. The highest BCUT2D eigenvalue weighted by Gasteiger charge is 2.18. The summed E-state index contributed by atoms with van der Waals surface area (Å²) in [7, 11) is -3.50. The predicted molar refractivity (Wildman–Crippen MR) is 84.0 cm³/mol. The van der Waals surface area contributed by atoms with E-state index in [1.807, 2.05) is 0 Å². The van der Waals surface area contributed by atoms with Crippen molar-refractivity contribution in [2.45, 2.75) is 24.2 Å². The van der Waals surface area contributed by atoms with Crippen molar-refractivity contribution in [3.63, 3.8) is 0 Å². The number of likely N-dealkylation sites (tertiary alicyclic amines) is 1. The number of rotatable bonds is 6. The van der Waals surface area contributed by atoms with Crippen LogP contribution in [0.5, 0.6) is 0 Å². The second kappa shape index (κ2) is 6.89. The van der Waals surface area contributed by atoms with Gasteiger partial charge in [-0.1, -0.05) is 0 Å². The van der Waals surface area contributed by atoms with Crippen LogP contribution in [-0.2, 0) is 10.0 Å². The van der Waals surface area contributed by atoms with Crippen molar-refractivity contribution < 1.29 is 8.42 Å². The first-order valence-electron chi connectivity index (χ1n) is 6.76. The number of hydrogen-bond donors (Lipinski definition) is 2. The molecule has 1 aliphatic heterocycles. The molecule has 0 atom stereocenters. The van der Waals surface area contributed by atoms with Crippen LogP contribution in [0.3, 0.4) is 0 Å². The minimum atomic E-state index is -3.50. The van der Waals surface area contributed by atoms with Gasteiger partial charge in [0.1, 0.15) is 0 Å². The highest BCUT2D eigenvalue weighted by molar-refractivity contribution is 9.10. The Morgan fingerprint density at radius 1 is 1.30 bits per heavy atom. The van der Waals surface area contributed by atoms with Crippen molar-refractivity contribution in [1.29, 1.82) is 0 Å². The van der Waals surface area contributed by atoms with Crippen LogP contribution in [0.25, 0.3) is 0 Å². The van der Waals surface area contributed by atoms with E-state index in [1.165, 1.54) is 18.9 Å². The third-order valence-corrected chi connectivity index (χ3v) is 5.84. The second-order valence-corrected chi connectivity index (χ2v) is 7.58. The minimum absolute atomic E-state index is 0.193. The summed E-state index contributed by atoms with van der Waals surface area (Å²) in [5.41, 5.74) is 6.08. The quantitative estimate of drug-likeness (QED) is 0.598. The molecule has 0 radical (unpaired) electrons. The summed E-state index contributed by atoms with van der Waals surface area (Å²) in [5.74, 6) is 0. The first-order valence-corrected chi connectivity index (χ1v) is 9.04. The molecule has 1 aromatic carbocycles. The predicted octanol–water partition coefficient (Wildman–Crippen LogP) is 1.80. The van der Waals surface area contributed by atoms with E-state index in [1.54, 1.807) is 12.1 Å². The first-order chi connectivity index (χ1) is 9.49. The van der Waals surface area contributed by atoms with Crippen molar-refractivity contribution in [2.75, 3.05) is 31.9 Å². The van der Waals surface area contributed by atoms with Crippen LogP contribution >= 0.6 is 15.9 Å². The monoisotopic (exact) mass is 361 g/mol. The zero-order valence-electron chi connectivity index (χ0n) is 11.3. The first kappa shape index (κ1) is 15.8. The van der Waals surface area contributed by atoms with Gasteiger partial charge in [-0.25, -0.2) is 13.1 Å². The Bertz CT molecular complexity index is 557. The summed E-state index contributed by atoms with van der Waals surface area (Å²) in [5, 5.41) is 0. The molecule has 0 spiro atoms. The van der Waals surface area contributed by atoms with Gasteiger partial charge in [-0.15, -0.1) is 0 Å². The molecule has 112 valence electrons. The summed E-state index contributed by atoms with van der Waals surface area (Å²) in [6.45, 7) is 3.65. The summed E-state index contributed by atoms with van der Waals surface area (Å²) in [6.07, 6.45) is 3.32. The van der Waals surface area contributed by atoms with E-state index < -0.39 is 10.0 Å². The van der Waals surface area contributed by atoms with Gasteiger partial charge >= 0.3 is 0 Å². The summed E-state index contributed by atoms with van der Waals surface area (Å²) in [4.78, 5) is 2.56. The lowest BCUT2D eigenvalue weighted by Crippen LogP contribution is -2.29. The largest absolute Gasteiger partial charge is 0.399 e. The third kappa shape index (κ3) is 4.18. The molecule has 1 saturated heterocycles. The molecule has 0 amide bonds. The fraction of sp³-hybridized carbons (Fsp3) is 0.538. The molecule has 0 saturated carbocycles. The van der Waals surface area contributed by atoms with Crippen molar-refractivity contribution >= 4 is 31.6 Å². The van der Waals surface area contributed by atoms with Gasteiger partial charge in [0.15, 0.2) is 0 Å². The van der Waals surface area contributed by atoms with Crippen molar-refractivity contribution in [2.24, 2.45) is 0 Å². The van der Waals surface area contributed by atoms with Gasteiger partial charge in [-0.3, -0.25) is 0 Å². The smallest absolute Gasteiger partial charge is 0.241 e. The van der Waals surface area contributed by atoms with Crippen LogP contribution in [0.4, 0.5) is 5.69 Å². The van der Waals surface area contributed by atoms with Crippen LogP contribution in [0.15, 0.2) is 27.6 Å². The highest BCUT2D eigenvalue weighted by atomic mass is 79.9. The van der Waals surface area contributed by atoms with E-state index in [0.29, 0.717) is 16.7 Å². The fourth-order valence-corrected chi connectivity index (χ4v) is 4.39. The van der Waals surface area contributed by atoms with Gasteiger partial charge in [0.25, 0.3) is 0 Å². The van der Waals surface area contributed by atoms with Gasteiger partial charge in [-0.2, -0.15) is 0 Å². The Kier molecular flexibility index (Phi) is 5.42. The molecule has 0 bridgehead atoms. The minimum Gasteiger partial charge on any atom is -0.399 e. The summed E-state index contributed by atoms with van der Waals surface area (Å²) >= 11 is 3.25. The van der Waals surface area contributed by atoms with Gasteiger partial charge in [0, 0.05) is 16.7 Å². The van der Waals surface area contributed by atoms with Gasteiger partial charge in [0.2, 0.25) is 10.0 Å². The second-order valence-electron chi connectivity index (χ2n) is 4.99. The zero-order chi connectivity index (χ0) is 14.6. The molecule has 0 unspecified atom stereocenters. The third-order valence-electron chi connectivity index (χ3n) is 3.39. The maximum atomic E-state index is 12.2. The molecular weight excluding hydrogens is 342 g/mol. The van der Waals surface area contributed by atoms with E-state index in [4.69, 9.17) is 5.73 Å². The number of sulfonamides is 1. The Hall–Kier alpha value is -0.630. The van der Waals surface area contributed by atoms with Crippen LogP contribution in [0.2, 0.25) is 0 Å². The average molecular weight is 362 g/mol. The van der Waals surface area contributed by atoms with Crippen molar-refractivity contribution in [3.05, 3.63) is 22.7 Å². The maximum absolute atomic E-state index is 12.2. The lowest BCUT2D eigenvalue weighted by atomic mass is 10.3. The summed E-state index contributed by atoms with van der Waals surface area (Å²) in [6, 6.07) is 4.78. The topological polar surface area (TPSA) is 75.4 Å². The Labute approximate surface area is 128 Å². The van der Waals surface area contributed by atoms with Crippen LogP contribution in [0, 0.1) is 0 Å². The van der Waals surface area contributed by atoms with E-state index >= 15 is 0 Å². The zero-order valence-corrected chi connectivity index (χ0v) is 13.7. The number of nitrogens with two attached hydrogens (primary N) is 1. The number of halogens is 1. The van der Waals surface area contributed by atoms with Crippen molar-refractivity contribution in [3.8, 4) is 0 Å². The lowest BCUT2D eigenvalue weighted by Gasteiger charge is -2.14. The number of anilines is 1. The van der Waals surface area contributed by atoms with Crippen LogP contribution in [0.1, 0.15) is 19.3 Å².